The molecule has 1 heterocycles. The molecule has 1 aromatic carbocycles. The van der Waals surface area contributed by atoms with Gasteiger partial charge in [-0.15, -0.1) is 0 Å². The second-order valence-electron chi connectivity index (χ2n) is 4.03. The molecule has 0 saturated carbocycles. The van der Waals surface area contributed by atoms with Gasteiger partial charge in [-0.05, 0) is 19.1 Å². The smallest absolute Gasteiger partial charge is 0.329 e. The summed E-state index contributed by atoms with van der Waals surface area (Å²) in [5.41, 5.74) is -0.845. The van der Waals surface area contributed by atoms with E-state index in [1.165, 1.54) is 19.2 Å². The van der Waals surface area contributed by atoms with Crippen LogP contribution in [-0.2, 0) is 16.1 Å². The molecule has 2 rings (SSSR count). The third-order valence-corrected chi connectivity index (χ3v) is 2.80. The standard InChI is InChI=1S/C13H14N2O5/c1-3-20-11(16)7-15-10-6-8(19-2)4-5-9(10)12(17)14-13(15)18/h4-6H,3,7H2,1-2H3,(H,14,17,18). The molecule has 7 nitrogen and oxygen atoms in total. The van der Waals surface area contributed by atoms with E-state index in [-0.39, 0.29) is 13.2 Å². The lowest BCUT2D eigenvalue weighted by molar-refractivity contribution is -0.143. The van der Waals surface area contributed by atoms with Crippen LogP contribution in [0.5, 0.6) is 5.75 Å². The van der Waals surface area contributed by atoms with Crippen molar-refractivity contribution in [3.8, 4) is 5.75 Å². The molecule has 0 aliphatic heterocycles. The monoisotopic (exact) mass is 278 g/mol. The Hall–Kier alpha value is -2.57. The number of hydrogen-bond acceptors (Lipinski definition) is 5. The number of carbonyl (C=O) groups excluding carboxylic acids is 1. The number of ether oxygens (including phenoxy) is 2. The van der Waals surface area contributed by atoms with Crippen molar-refractivity contribution >= 4 is 16.9 Å². The molecule has 0 aliphatic rings. The summed E-state index contributed by atoms with van der Waals surface area (Å²) >= 11 is 0. The van der Waals surface area contributed by atoms with E-state index >= 15 is 0 Å². The summed E-state index contributed by atoms with van der Waals surface area (Å²) in [6, 6.07) is 4.68. The fourth-order valence-electron chi connectivity index (χ4n) is 1.89. The minimum absolute atomic E-state index is 0.220. The van der Waals surface area contributed by atoms with E-state index in [1.54, 1.807) is 13.0 Å². The number of nitrogens with zero attached hydrogens (tertiary/aromatic N) is 1. The van der Waals surface area contributed by atoms with Gasteiger partial charge in [-0.3, -0.25) is 19.1 Å². The SMILES string of the molecule is CCOC(=O)Cn1c(=O)[nH]c(=O)c2ccc(OC)cc21. The number of hydrogen-bond donors (Lipinski definition) is 1. The molecule has 1 N–H and O–H groups in total. The Morgan fingerprint density at radius 2 is 2.10 bits per heavy atom. The second kappa shape index (κ2) is 5.60. The first-order valence-electron chi connectivity index (χ1n) is 6.03. The van der Waals surface area contributed by atoms with Gasteiger partial charge in [0.1, 0.15) is 12.3 Å². The van der Waals surface area contributed by atoms with Crippen LogP contribution in [0.3, 0.4) is 0 Å². The molecule has 0 saturated heterocycles. The zero-order valence-corrected chi connectivity index (χ0v) is 11.1. The maximum absolute atomic E-state index is 11.9. The van der Waals surface area contributed by atoms with E-state index in [2.05, 4.69) is 4.98 Å². The lowest BCUT2D eigenvalue weighted by atomic mass is 10.2. The van der Waals surface area contributed by atoms with Crippen molar-refractivity contribution in [1.82, 2.24) is 9.55 Å². The third kappa shape index (κ3) is 2.56. The van der Waals surface area contributed by atoms with Crippen molar-refractivity contribution in [3.05, 3.63) is 39.0 Å². The van der Waals surface area contributed by atoms with E-state index in [4.69, 9.17) is 9.47 Å². The van der Waals surface area contributed by atoms with Gasteiger partial charge < -0.3 is 9.47 Å². The Morgan fingerprint density at radius 3 is 2.75 bits per heavy atom. The Labute approximate surface area is 113 Å². The quantitative estimate of drug-likeness (QED) is 0.810. The van der Waals surface area contributed by atoms with Gasteiger partial charge in [0.05, 0.1) is 24.6 Å². The zero-order valence-electron chi connectivity index (χ0n) is 11.1. The van der Waals surface area contributed by atoms with Crippen LogP contribution in [-0.4, -0.2) is 29.2 Å². The van der Waals surface area contributed by atoms with Crippen LogP contribution in [0.2, 0.25) is 0 Å². The molecule has 20 heavy (non-hydrogen) atoms. The number of benzene rings is 1. The second-order valence-corrected chi connectivity index (χ2v) is 4.03. The number of H-pyrrole nitrogens is 1. The Bertz CT molecular complexity index is 759. The van der Waals surface area contributed by atoms with E-state index < -0.39 is 17.2 Å². The van der Waals surface area contributed by atoms with Gasteiger partial charge in [0, 0.05) is 6.07 Å². The van der Waals surface area contributed by atoms with E-state index in [9.17, 15) is 14.4 Å². The summed E-state index contributed by atoms with van der Waals surface area (Å²) < 4.78 is 11.0. The minimum Gasteiger partial charge on any atom is -0.497 e. The van der Waals surface area contributed by atoms with Crippen LogP contribution in [0.25, 0.3) is 10.9 Å². The number of aromatic amines is 1. The van der Waals surface area contributed by atoms with E-state index in [0.29, 0.717) is 16.7 Å². The van der Waals surface area contributed by atoms with Crippen LogP contribution >= 0.6 is 0 Å². The number of esters is 1. The molecule has 2 aromatic rings. The summed E-state index contributed by atoms with van der Waals surface area (Å²) in [5.74, 6) is -0.0640. The molecule has 0 radical (unpaired) electrons. The predicted molar refractivity (Wildman–Crippen MR) is 72.0 cm³/mol. The molecule has 0 unspecified atom stereocenters. The van der Waals surface area contributed by atoms with E-state index in [0.717, 1.165) is 4.57 Å². The first-order chi connectivity index (χ1) is 9.56. The van der Waals surface area contributed by atoms with Gasteiger partial charge in [0.25, 0.3) is 5.56 Å². The normalized spacial score (nSPS) is 10.5. The average molecular weight is 278 g/mol. The summed E-state index contributed by atoms with van der Waals surface area (Å²) in [7, 11) is 1.47. The Kier molecular flexibility index (Phi) is 3.88. The highest BCUT2D eigenvalue weighted by molar-refractivity contribution is 5.81. The average Bonchev–Trinajstić information content (AvgIpc) is 2.43. The molecular formula is C13H14N2O5. The Balaban J connectivity index is 2.65. The molecule has 106 valence electrons. The fraction of sp³-hybridized carbons (Fsp3) is 0.308. The molecule has 7 heteroatoms. The highest BCUT2D eigenvalue weighted by atomic mass is 16.5. The Morgan fingerprint density at radius 1 is 1.35 bits per heavy atom. The largest absolute Gasteiger partial charge is 0.497 e. The zero-order chi connectivity index (χ0) is 14.7. The molecule has 0 fully saturated rings. The predicted octanol–water partition coefficient (Wildman–Crippen LogP) is 0.262. The van der Waals surface area contributed by atoms with Gasteiger partial charge >= 0.3 is 11.7 Å². The van der Waals surface area contributed by atoms with Crippen molar-refractivity contribution in [2.75, 3.05) is 13.7 Å². The number of rotatable bonds is 4. The van der Waals surface area contributed by atoms with Crippen molar-refractivity contribution in [3.63, 3.8) is 0 Å². The lowest BCUT2D eigenvalue weighted by Crippen LogP contribution is -2.32. The summed E-state index contributed by atoms with van der Waals surface area (Å²) in [5, 5.41) is 0.301. The van der Waals surface area contributed by atoms with Gasteiger partial charge in [-0.25, -0.2) is 4.79 Å². The lowest BCUT2D eigenvalue weighted by Gasteiger charge is -2.10. The van der Waals surface area contributed by atoms with Crippen LogP contribution in [0.15, 0.2) is 27.8 Å². The first kappa shape index (κ1) is 13.9. The van der Waals surface area contributed by atoms with Crippen molar-refractivity contribution in [2.24, 2.45) is 0 Å². The van der Waals surface area contributed by atoms with Crippen molar-refractivity contribution in [1.29, 1.82) is 0 Å². The molecule has 1 aromatic heterocycles. The summed E-state index contributed by atoms with van der Waals surface area (Å²) in [6.45, 7) is 1.62. The number of nitrogens with one attached hydrogen (secondary N) is 1. The van der Waals surface area contributed by atoms with Gasteiger partial charge in [0.2, 0.25) is 0 Å². The van der Waals surface area contributed by atoms with Crippen LogP contribution in [0.1, 0.15) is 6.92 Å². The molecular weight excluding hydrogens is 264 g/mol. The van der Waals surface area contributed by atoms with Crippen LogP contribution in [0.4, 0.5) is 0 Å². The highest BCUT2D eigenvalue weighted by Gasteiger charge is 2.12. The van der Waals surface area contributed by atoms with Crippen LogP contribution < -0.4 is 16.0 Å². The fourth-order valence-corrected chi connectivity index (χ4v) is 1.89. The highest BCUT2D eigenvalue weighted by Crippen LogP contribution is 2.16. The molecule has 0 amide bonds. The van der Waals surface area contributed by atoms with Crippen molar-refractivity contribution in [2.45, 2.75) is 13.5 Å². The third-order valence-electron chi connectivity index (χ3n) is 2.80. The van der Waals surface area contributed by atoms with E-state index in [1.807, 2.05) is 0 Å². The van der Waals surface area contributed by atoms with Crippen molar-refractivity contribution < 1.29 is 14.3 Å². The maximum atomic E-state index is 11.9. The number of carbonyl (C=O) groups is 1. The number of methoxy groups -OCH3 is 1. The molecule has 0 spiro atoms. The first-order valence-corrected chi connectivity index (χ1v) is 6.03. The molecule has 0 atom stereocenters. The molecule has 0 aliphatic carbocycles. The minimum atomic E-state index is -0.663. The van der Waals surface area contributed by atoms with Gasteiger partial charge in [-0.2, -0.15) is 0 Å². The van der Waals surface area contributed by atoms with Gasteiger partial charge in [0.15, 0.2) is 0 Å². The van der Waals surface area contributed by atoms with Gasteiger partial charge in [-0.1, -0.05) is 0 Å². The summed E-state index contributed by atoms with van der Waals surface area (Å²) in [6.07, 6.45) is 0. The summed E-state index contributed by atoms with van der Waals surface area (Å²) in [4.78, 5) is 37.3. The van der Waals surface area contributed by atoms with Crippen LogP contribution in [0, 0.1) is 0 Å². The number of fused-ring (bicyclic) bond motifs is 1. The number of aromatic nitrogens is 2. The maximum Gasteiger partial charge on any atom is 0.329 e. The topological polar surface area (TPSA) is 90.4 Å². The molecule has 0 bridgehead atoms.